The Balaban J connectivity index is 2.44. The molecule has 0 radical (unpaired) electrons. The van der Waals surface area contributed by atoms with Crippen LogP contribution in [0.25, 0.3) is 0 Å². The maximum absolute atomic E-state index is 11.5. The first-order chi connectivity index (χ1) is 6.67. The Hall–Kier alpha value is -0.460. The molecule has 0 unspecified atom stereocenters. The van der Waals surface area contributed by atoms with Crippen LogP contribution in [-0.4, -0.2) is 30.9 Å². The van der Waals surface area contributed by atoms with Gasteiger partial charge in [-0.25, -0.2) is 13.4 Å². The first-order valence-electron chi connectivity index (χ1n) is 4.40. The molecule has 0 aliphatic heterocycles. The summed E-state index contributed by atoms with van der Waals surface area (Å²) >= 11 is 1.15. The van der Waals surface area contributed by atoms with E-state index in [2.05, 4.69) is 4.98 Å². The zero-order valence-corrected chi connectivity index (χ0v) is 9.35. The highest BCUT2D eigenvalue weighted by atomic mass is 32.2. The van der Waals surface area contributed by atoms with E-state index < -0.39 is 9.84 Å². The summed E-state index contributed by atoms with van der Waals surface area (Å²) in [7, 11) is -3.17. The highest BCUT2D eigenvalue weighted by Gasteiger charge is 2.16. The lowest BCUT2D eigenvalue weighted by atomic mass is 10.3. The van der Waals surface area contributed by atoms with Gasteiger partial charge < -0.3 is 5.11 Å². The maximum Gasteiger partial charge on any atom is 0.209 e. The van der Waals surface area contributed by atoms with Gasteiger partial charge in [0, 0.05) is 18.2 Å². The van der Waals surface area contributed by atoms with Crippen molar-refractivity contribution in [2.24, 2.45) is 0 Å². The third-order valence-electron chi connectivity index (χ3n) is 1.75. The highest BCUT2D eigenvalue weighted by Crippen LogP contribution is 2.15. The summed E-state index contributed by atoms with van der Waals surface area (Å²) in [5, 5.41) is 10.2. The molecule has 4 nitrogen and oxygen atoms in total. The van der Waals surface area contributed by atoms with Crippen molar-refractivity contribution in [1.82, 2.24) is 4.98 Å². The Bertz CT molecular complexity index is 345. The summed E-state index contributed by atoms with van der Waals surface area (Å²) in [5.74, 6) is 0.126. The second kappa shape index (κ2) is 5.43. The van der Waals surface area contributed by atoms with Crippen molar-refractivity contribution >= 4 is 21.2 Å². The summed E-state index contributed by atoms with van der Waals surface area (Å²) in [6.07, 6.45) is 3.47. The van der Waals surface area contributed by atoms with Gasteiger partial charge in [0.1, 0.15) is 0 Å². The van der Waals surface area contributed by atoms with E-state index in [1.54, 1.807) is 5.38 Å². The number of unbranched alkanes of at least 4 members (excludes halogenated alkanes) is 2. The van der Waals surface area contributed by atoms with Crippen LogP contribution < -0.4 is 0 Å². The van der Waals surface area contributed by atoms with E-state index in [1.807, 2.05) is 0 Å². The van der Waals surface area contributed by atoms with Gasteiger partial charge >= 0.3 is 0 Å². The summed E-state index contributed by atoms with van der Waals surface area (Å²) in [4.78, 5) is 3.77. The maximum atomic E-state index is 11.5. The molecule has 1 aromatic rings. The first kappa shape index (κ1) is 11.6. The summed E-state index contributed by atoms with van der Waals surface area (Å²) in [6.45, 7) is 0.122. The third kappa shape index (κ3) is 3.36. The van der Waals surface area contributed by atoms with Crippen LogP contribution in [0, 0.1) is 0 Å². The van der Waals surface area contributed by atoms with Crippen molar-refractivity contribution in [3.8, 4) is 0 Å². The van der Waals surface area contributed by atoms with Gasteiger partial charge in [-0.1, -0.05) is 6.42 Å². The Morgan fingerprint density at radius 1 is 1.36 bits per heavy atom. The number of aromatic nitrogens is 1. The third-order valence-corrected chi connectivity index (χ3v) is 4.83. The minimum atomic E-state index is -3.17. The minimum absolute atomic E-state index is 0.122. The summed E-state index contributed by atoms with van der Waals surface area (Å²) in [6, 6.07) is 0. The molecule has 0 amide bonds. The quantitative estimate of drug-likeness (QED) is 0.749. The Labute approximate surface area is 87.5 Å². The normalized spacial score (nSPS) is 11.8. The van der Waals surface area contributed by atoms with Crippen molar-refractivity contribution in [2.45, 2.75) is 23.6 Å². The fourth-order valence-electron chi connectivity index (χ4n) is 1.03. The molecule has 0 saturated carbocycles. The molecule has 0 aromatic carbocycles. The average Bonchev–Trinajstić information content (AvgIpc) is 2.65. The van der Waals surface area contributed by atoms with Crippen molar-refractivity contribution in [1.29, 1.82) is 0 Å². The predicted octanol–water partition coefficient (Wildman–Crippen LogP) is 1.08. The number of sulfone groups is 1. The zero-order chi connectivity index (χ0) is 10.4. The molecule has 80 valence electrons. The van der Waals surface area contributed by atoms with Gasteiger partial charge in [0.15, 0.2) is 0 Å². The van der Waals surface area contributed by atoms with Crippen LogP contribution in [-0.2, 0) is 9.84 Å². The number of nitrogens with zero attached hydrogens (tertiary/aromatic N) is 1. The van der Waals surface area contributed by atoms with Crippen molar-refractivity contribution < 1.29 is 13.5 Å². The van der Waals surface area contributed by atoms with E-state index in [0.717, 1.165) is 17.8 Å². The molecule has 0 aliphatic carbocycles. The number of hydrogen-bond donors (Lipinski definition) is 1. The average molecular weight is 235 g/mol. The number of hydrogen-bond acceptors (Lipinski definition) is 5. The van der Waals surface area contributed by atoms with E-state index in [9.17, 15) is 8.42 Å². The molecule has 1 N–H and O–H groups in total. The molecule has 1 heterocycles. The van der Waals surface area contributed by atoms with Crippen LogP contribution in [0.4, 0.5) is 0 Å². The zero-order valence-electron chi connectivity index (χ0n) is 7.72. The van der Waals surface area contributed by atoms with Gasteiger partial charge in [0.25, 0.3) is 0 Å². The molecule has 0 spiro atoms. The lowest BCUT2D eigenvalue weighted by molar-refractivity contribution is 0.284. The monoisotopic (exact) mass is 235 g/mol. The second-order valence-corrected chi connectivity index (χ2v) is 6.08. The topological polar surface area (TPSA) is 67.3 Å². The number of aliphatic hydroxyl groups excluding tert-OH is 1. The predicted molar refractivity (Wildman–Crippen MR) is 55.1 cm³/mol. The van der Waals surface area contributed by atoms with E-state index in [4.69, 9.17) is 5.11 Å². The molecule has 0 atom stereocenters. The number of thiazole rings is 1. The van der Waals surface area contributed by atoms with Crippen LogP contribution in [0.15, 0.2) is 15.9 Å². The summed E-state index contributed by atoms with van der Waals surface area (Å²) < 4.78 is 23.3. The molecule has 0 bridgehead atoms. The van der Waals surface area contributed by atoms with E-state index in [-0.39, 0.29) is 16.7 Å². The standard InChI is InChI=1S/C8H13NO3S2/c10-5-2-1-3-7-14(11,12)8-9-4-6-13-8/h4,6,10H,1-3,5,7H2. The van der Waals surface area contributed by atoms with Gasteiger partial charge in [0.2, 0.25) is 14.2 Å². The van der Waals surface area contributed by atoms with E-state index in [0.29, 0.717) is 12.8 Å². The van der Waals surface area contributed by atoms with E-state index in [1.165, 1.54) is 6.20 Å². The highest BCUT2D eigenvalue weighted by molar-refractivity contribution is 7.93. The lowest BCUT2D eigenvalue weighted by Crippen LogP contribution is -2.06. The van der Waals surface area contributed by atoms with E-state index >= 15 is 0 Å². The van der Waals surface area contributed by atoms with Crippen LogP contribution in [0.1, 0.15) is 19.3 Å². The largest absolute Gasteiger partial charge is 0.396 e. The van der Waals surface area contributed by atoms with Gasteiger partial charge in [-0.15, -0.1) is 11.3 Å². The van der Waals surface area contributed by atoms with Crippen molar-refractivity contribution in [3.05, 3.63) is 11.6 Å². The molecule has 14 heavy (non-hydrogen) atoms. The van der Waals surface area contributed by atoms with Gasteiger partial charge in [-0.05, 0) is 12.8 Å². The van der Waals surface area contributed by atoms with Crippen LogP contribution in [0.2, 0.25) is 0 Å². The number of aliphatic hydroxyl groups is 1. The minimum Gasteiger partial charge on any atom is -0.396 e. The van der Waals surface area contributed by atoms with Gasteiger partial charge in [-0.2, -0.15) is 0 Å². The fourth-order valence-corrected chi connectivity index (χ4v) is 3.38. The Morgan fingerprint density at radius 2 is 2.14 bits per heavy atom. The van der Waals surface area contributed by atoms with Gasteiger partial charge in [-0.3, -0.25) is 0 Å². The lowest BCUT2D eigenvalue weighted by Gasteiger charge is -1.99. The molecule has 1 rings (SSSR count). The molecule has 0 saturated heterocycles. The molecule has 0 fully saturated rings. The first-order valence-corrected chi connectivity index (χ1v) is 6.93. The van der Waals surface area contributed by atoms with Gasteiger partial charge in [0.05, 0.1) is 5.75 Å². The van der Waals surface area contributed by atoms with Crippen LogP contribution >= 0.6 is 11.3 Å². The molecular weight excluding hydrogens is 222 g/mol. The van der Waals surface area contributed by atoms with Crippen LogP contribution in [0.5, 0.6) is 0 Å². The Morgan fingerprint density at radius 3 is 2.71 bits per heavy atom. The smallest absolute Gasteiger partial charge is 0.209 e. The number of rotatable bonds is 6. The van der Waals surface area contributed by atoms with Crippen LogP contribution in [0.3, 0.4) is 0 Å². The van der Waals surface area contributed by atoms with Crippen molar-refractivity contribution in [3.63, 3.8) is 0 Å². The Kier molecular flexibility index (Phi) is 4.50. The molecular formula is C8H13NO3S2. The molecule has 6 heteroatoms. The fraction of sp³-hybridized carbons (Fsp3) is 0.625. The molecule has 1 aromatic heterocycles. The second-order valence-electron chi connectivity index (χ2n) is 2.90. The molecule has 0 aliphatic rings. The SMILES string of the molecule is O=S(=O)(CCCCCO)c1nccs1. The van der Waals surface area contributed by atoms with Crippen molar-refractivity contribution in [2.75, 3.05) is 12.4 Å². The summed E-state index contributed by atoms with van der Waals surface area (Å²) in [5.41, 5.74) is 0.